The lowest BCUT2D eigenvalue weighted by Gasteiger charge is -2.32. The first kappa shape index (κ1) is 32.8. The summed E-state index contributed by atoms with van der Waals surface area (Å²) < 4.78 is 80.1. The second-order valence-electron chi connectivity index (χ2n) is 12.6. The lowest BCUT2D eigenvalue weighted by molar-refractivity contribution is 0.0810. The number of hydrogen-bond acceptors (Lipinski definition) is 8. The van der Waals surface area contributed by atoms with Gasteiger partial charge in [0.25, 0.3) is 6.43 Å². The molecule has 14 heteroatoms. The zero-order valence-corrected chi connectivity index (χ0v) is 27.4. The summed E-state index contributed by atoms with van der Waals surface area (Å²) in [6.07, 6.45) is 4.64. The highest BCUT2D eigenvalue weighted by Gasteiger charge is 2.41. The van der Waals surface area contributed by atoms with Crippen molar-refractivity contribution in [1.29, 1.82) is 0 Å². The molecule has 10 nitrogen and oxygen atoms in total. The molecule has 0 amide bonds. The molecule has 2 fully saturated rings. The third-order valence-corrected chi connectivity index (χ3v) is 11.6. The van der Waals surface area contributed by atoms with E-state index in [-0.39, 0.29) is 40.0 Å². The first-order chi connectivity index (χ1) is 23.5. The van der Waals surface area contributed by atoms with E-state index in [4.69, 9.17) is 15.2 Å². The number of aromatic nitrogens is 3. The van der Waals surface area contributed by atoms with Crippen LogP contribution in [0.4, 0.5) is 19.0 Å². The van der Waals surface area contributed by atoms with Crippen LogP contribution in [0.1, 0.15) is 64.2 Å². The van der Waals surface area contributed by atoms with Crippen LogP contribution in [0.15, 0.2) is 60.4 Å². The van der Waals surface area contributed by atoms with Gasteiger partial charge in [-0.05, 0) is 85.1 Å². The van der Waals surface area contributed by atoms with Crippen molar-refractivity contribution in [3.63, 3.8) is 0 Å². The number of piperidine rings is 1. The Bertz CT molecular complexity index is 2070. The number of aryl methyl sites for hydroxylation is 1. The Balaban J connectivity index is 1.09. The average Bonchev–Trinajstić information content (AvgIpc) is 3.77. The number of ketones is 1. The Hall–Kier alpha value is -4.69. The van der Waals surface area contributed by atoms with E-state index in [0.717, 1.165) is 11.1 Å². The van der Waals surface area contributed by atoms with E-state index in [2.05, 4.69) is 10.1 Å². The molecule has 49 heavy (non-hydrogen) atoms. The number of nitrogens with two attached hydrogens (primary N) is 1. The van der Waals surface area contributed by atoms with Crippen LogP contribution in [-0.4, -0.2) is 64.6 Å². The molecule has 0 atom stereocenters. The Kier molecular flexibility index (Phi) is 8.69. The number of fused-ring (bicyclic) bond motifs is 1. The standard InChI is InChI=1S/C35H34F3N5O5S/c1-20-12-33(48-30-5-3-2-4-28(30)36)40-18-29(20)43-35(39)27(17-41-43)34(44)24-13-22-15-26(31(16-23(22)14-24)47-19-32(37)38)21-8-10-42(11-9-21)49(45,46)25-6-7-25/h2-5,12,14-18,21,25,32H,6-11,13,19,39H2,1H3. The second kappa shape index (κ2) is 13.0. The minimum atomic E-state index is -3.30. The molecule has 3 heterocycles. The van der Waals surface area contributed by atoms with E-state index in [0.29, 0.717) is 73.3 Å². The van der Waals surface area contributed by atoms with Crippen LogP contribution in [0.3, 0.4) is 0 Å². The fourth-order valence-corrected chi connectivity index (χ4v) is 8.34. The summed E-state index contributed by atoms with van der Waals surface area (Å²) in [6.45, 7) is 1.72. The van der Waals surface area contributed by atoms with Crippen molar-refractivity contribution in [3.05, 3.63) is 94.1 Å². The highest BCUT2D eigenvalue weighted by molar-refractivity contribution is 7.90. The number of alkyl halides is 2. The summed E-state index contributed by atoms with van der Waals surface area (Å²) >= 11 is 0. The van der Waals surface area contributed by atoms with Gasteiger partial charge in [-0.15, -0.1) is 0 Å². The number of carbonyl (C=O) groups excluding carboxylic acids is 1. The quantitative estimate of drug-likeness (QED) is 0.183. The zero-order valence-electron chi connectivity index (χ0n) is 26.6. The number of carbonyl (C=O) groups is 1. The van der Waals surface area contributed by atoms with E-state index in [1.54, 1.807) is 41.6 Å². The summed E-state index contributed by atoms with van der Waals surface area (Å²) in [6, 6.07) is 11.2. The zero-order chi connectivity index (χ0) is 34.4. The van der Waals surface area contributed by atoms with Crippen LogP contribution in [0.5, 0.6) is 17.4 Å². The fraction of sp³-hybridized carbons (Fsp3) is 0.343. The molecule has 7 rings (SSSR count). The van der Waals surface area contributed by atoms with Crippen LogP contribution in [0.25, 0.3) is 11.8 Å². The predicted octanol–water partition coefficient (Wildman–Crippen LogP) is 6.23. The van der Waals surface area contributed by atoms with Gasteiger partial charge in [0.1, 0.15) is 18.2 Å². The lowest BCUT2D eigenvalue weighted by atomic mass is 9.87. The predicted molar refractivity (Wildman–Crippen MR) is 176 cm³/mol. The fourth-order valence-electron chi connectivity index (χ4n) is 6.47. The molecule has 2 aromatic heterocycles. The largest absolute Gasteiger partial charge is 0.487 e. The van der Waals surface area contributed by atoms with Gasteiger partial charge in [0, 0.05) is 31.1 Å². The van der Waals surface area contributed by atoms with Gasteiger partial charge in [0.05, 0.1) is 28.9 Å². The van der Waals surface area contributed by atoms with Gasteiger partial charge in [-0.25, -0.2) is 35.6 Å². The molecule has 2 aromatic carbocycles. The number of anilines is 1. The number of Topliss-reactive ketones (excluding diaryl/α,β-unsaturated/α-hetero) is 1. The third-order valence-electron chi connectivity index (χ3n) is 9.23. The smallest absolute Gasteiger partial charge is 0.272 e. The summed E-state index contributed by atoms with van der Waals surface area (Å²) in [7, 11) is -3.30. The number of sulfonamides is 1. The molecule has 0 bridgehead atoms. The van der Waals surface area contributed by atoms with E-state index >= 15 is 0 Å². The molecule has 0 spiro atoms. The van der Waals surface area contributed by atoms with Crippen molar-refractivity contribution >= 4 is 27.7 Å². The van der Waals surface area contributed by atoms with E-state index in [1.807, 2.05) is 6.07 Å². The highest BCUT2D eigenvalue weighted by atomic mass is 32.2. The molecule has 0 radical (unpaired) electrons. The number of para-hydroxylation sites is 1. The van der Waals surface area contributed by atoms with Gasteiger partial charge in [0.2, 0.25) is 15.9 Å². The third kappa shape index (κ3) is 6.54. The molecule has 1 aliphatic heterocycles. The molecule has 3 aliphatic rings. The van der Waals surface area contributed by atoms with Crippen LogP contribution < -0.4 is 15.2 Å². The second-order valence-corrected chi connectivity index (χ2v) is 14.8. The molecule has 0 unspecified atom stereocenters. The Morgan fingerprint density at radius 3 is 2.51 bits per heavy atom. The van der Waals surface area contributed by atoms with Gasteiger partial charge in [-0.3, -0.25) is 4.79 Å². The van der Waals surface area contributed by atoms with Crippen LogP contribution in [-0.2, 0) is 16.4 Å². The lowest BCUT2D eigenvalue weighted by Crippen LogP contribution is -2.39. The van der Waals surface area contributed by atoms with Gasteiger partial charge in [-0.1, -0.05) is 18.2 Å². The molecule has 4 aromatic rings. The number of hydrogen-bond donors (Lipinski definition) is 1. The van der Waals surface area contributed by atoms with Crippen LogP contribution >= 0.6 is 0 Å². The minimum Gasteiger partial charge on any atom is -0.487 e. The summed E-state index contributed by atoms with van der Waals surface area (Å²) in [4.78, 5) is 18.0. The molecule has 2 aliphatic carbocycles. The maximum absolute atomic E-state index is 14.1. The number of allylic oxidation sites excluding steroid dienone is 1. The summed E-state index contributed by atoms with van der Waals surface area (Å²) in [5.41, 5.74) is 10.5. The van der Waals surface area contributed by atoms with Crippen LogP contribution in [0.2, 0.25) is 0 Å². The maximum atomic E-state index is 14.1. The Morgan fingerprint density at radius 2 is 1.82 bits per heavy atom. The topological polar surface area (TPSA) is 130 Å². The Morgan fingerprint density at radius 1 is 1.06 bits per heavy atom. The number of halogens is 3. The summed E-state index contributed by atoms with van der Waals surface area (Å²) in [5, 5.41) is 4.06. The highest BCUT2D eigenvalue weighted by Crippen LogP contribution is 2.42. The number of ether oxygens (including phenoxy) is 2. The number of pyridine rings is 1. The average molecular weight is 694 g/mol. The number of nitrogens with zero attached hydrogens (tertiary/aromatic N) is 4. The van der Waals surface area contributed by atoms with Crippen molar-refractivity contribution < 1.29 is 35.9 Å². The van der Waals surface area contributed by atoms with Gasteiger partial charge >= 0.3 is 0 Å². The van der Waals surface area contributed by atoms with E-state index < -0.39 is 28.9 Å². The van der Waals surface area contributed by atoms with E-state index in [1.165, 1.54) is 29.2 Å². The Labute approximate surface area is 281 Å². The molecule has 2 N–H and O–H groups in total. The maximum Gasteiger partial charge on any atom is 0.272 e. The first-order valence-corrected chi connectivity index (χ1v) is 17.5. The number of nitrogen functional groups attached to an aromatic ring is 1. The van der Waals surface area contributed by atoms with Crippen molar-refractivity contribution in [1.82, 2.24) is 19.1 Å². The van der Waals surface area contributed by atoms with Gasteiger partial charge < -0.3 is 15.2 Å². The SMILES string of the molecule is Cc1cc(Oc2ccccc2F)ncc1-n1ncc(C(=O)C2=Cc3cc(OCC(F)F)c(C4CCN(S(=O)(=O)C5CC5)CC4)cc3C2)c1N. The summed E-state index contributed by atoms with van der Waals surface area (Å²) in [5.74, 6) is -0.326. The molecule has 1 saturated heterocycles. The minimum absolute atomic E-state index is 0.0315. The van der Waals surface area contributed by atoms with Crippen molar-refractivity contribution in [2.75, 3.05) is 25.4 Å². The monoisotopic (exact) mass is 693 g/mol. The number of benzene rings is 2. The van der Waals surface area contributed by atoms with Gasteiger partial charge in [-0.2, -0.15) is 5.10 Å². The molecular weight excluding hydrogens is 659 g/mol. The van der Waals surface area contributed by atoms with Gasteiger partial charge in [0.15, 0.2) is 17.3 Å². The van der Waals surface area contributed by atoms with Crippen LogP contribution in [0, 0.1) is 12.7 Å². The molecule has 1 saturated carbocycles. The molecular formula is C35H34F3N5O5S. The van der Waals surface area contributed by atoms with Crippen molar-refractivity contribution in [2.45, 2.75) is 56.6 Å². The molecule has 256 valence electrons. The van der Waals surface area contributed by atoms with Crippen molar-refractivity contribution in [2.24, 2.45) is 0 Å². The van der Waals surface area contributed by atoms with Crippen molar-refractivity contribution in [3.8, 4) is 23.1 Å². The normalized spacial score (nSPS) is 16.9. The van der Waals surface area contributed by atoms with E-state index in [9.17, 15) is 26.4 Å². The number of rotatable bonds is 11. The first-order valence-electron chi connectivity index (χ1n) is 16.0.